The second-order valence-electron chi connectivity index (χ2n) is 8.84. The number of aromatic nitrogens is 3. The van der Waals surface area contributed by atoms with Gasteiger partial charge in [0, 0.05) is 12.3 Å². The van der Waals surface area contributed by atoms with Crippen LogP contribution >= 0.6 is 0 Å². The number of carbonyl (C=O) groups is 5. The third kappa shape index (κ3) is 9.53. The zero-order valence-corrected chi connectivity index (χ0v) is 22.5. The number of carboxylic acids is 1. The molecule has 2 rings (SSSR count). The Morgan fingerprint density at radius 1 is 1.20 bits per heavy atom. The highest BCUT2D eigenvalue weighted by Gasteiger charge is 2.26. The molecule has 0 aliphatic rings. The van der Waals surface area contributed by atoms with Crippen molar-refractivity contribution < 1.29 is 33.8 Å². The zero-order chi connectivity index (χ0) is 29.7. The molecule has 0 aromatic carbocycles. The molecule has 0 spiro atoms. The Morgan fingerprint density at radius 2 is 1.95 bits per heavy atom. The summed E-state index contributed by atoms with van der Waals surface area (Å²) in [5.41, 5.74) is -0.743. The summed E-state index contributed by atoms with van der Waals surface area (Å²) in [6.45, 7) is 4.89. The van der Waals surface area contributed by atoms with Crippen molar-refractivity contribution in [1.82, 2.24) is 25.2 Å². The van der Waals surface area contributed by atoms with Crippen molar-refractivity contribution in [1.29, 1.82) is 0 Å². The third-order valence-electron chi connectivity index (χ3n) is 5.91. The predicted molar refractivity (Wildman–Crippen MR) is 143 cm³/mol. The summed E-state index contributed by atoms with van der Waals surface area (Å²) in [4.78, 5) is 80.5. The first-order valence-corrected chi connectivity index (χ1v) is 12.7. The minimum Gasteiger partial charge on any atom is -0.480 e. The van der Waals surface area contributed by atoms with E-state index in [0.717, 1.165) is 4.57 Å². The average molecular weight is 559 g/mol. The number of imidazole rings is 1. The number of carbonyl (C=O) groups excluding carboxylic acids is 4. The number of nitrogens with zero attached hydrogens (tertiary/aromatic N) is 2. The van der Waals surface area contributed by atoms with E-state index in [1.54, 1.807) is 20.8 Å². The maximum Gasteiger partial charge on any atom is 0.330 e. The number of allylic oxidation sites excluding steroid dienone is 1. The number of hydrogen-bond acceptors (Lipinski definition) is 8. The Hall–Kier alpha value is -4.75. The van der Waals surface area contributed by atoms with Gasteiger partial charge in [0.1, 0.15) is 30.0 Å². The van der Waals surface area contributed by atoms with E-state index in [2.05, 4.69) is 25.9 Å². The number of pyridine rings is 1. The Morgan fingerprint density at radius 3 is 2.58 bits per heavy atom. The van der Waals surface area contributed by atoms with Crippen LogP contribution in [-0.2, 0) is 30.5 Å². The molecule has 216 valence electrons. The first-order valence-electron chi connectivity index (χ1n) is 12.7. The predicted octanol–water partition coefficient (Wildman–Crippen LogP) is 0.824. The lowest BCUT2D eigenvalue weighted by Crippen LogP contribution is -2.47. The monoisotopic (exact) mass is 558 g/mol. The molecule has 40 heavy (non-hydrogen) atoms. The van der Waals surface area contributed by atoms with Gasteiger partial charge in [0.2, 0.25) is 11.8 Å². The number of esters is 1. The first kappa shape index (κ1) is 31.5. The highest BCUT2D eigenvalue weighted by molar-refractivity contribution is 6.00. The Labute approximate surface area is 230 Å². The molecule has 14 heteroatoms. The van der Waals surface area contributed by atoms with Crippen LogP contribution in [0.5, 0.6) is 0 Å². The molecule has 2 aromatic heterocycles. The molecular formula is C26H34N6O8. The lowest BCUT2D eigenvalue weighted by Gasteiger charge is -2.20. The number of aliphatic carboxylic acids is 1. The van der Waals surface area contributed by atoms with Gasteiger partial charge in [0.15, 0.2) is 0 Å². The molecule has 2 heterocycles. The normalized spacial score (nSPS) is 13.2. The second-order valence-corrected chi connectivity index (χ2v) is 8.84. The summed E-state index contributed by atoms with van der Waals surface area (Å²) in [5.74, 6) is -4.06. The SMILES string of the molecule is CCOC(=O)/C=C/CC[C@H](NC(=O)c1cnc[nH]1)C(=O)Nc1cccn(CC(=O)N[C@H](C(=O)O)C(C)CC)c1=O. The molecule has 1 unspecified atom stereocenters. The number of H-pyrrole nitrogens is 1. The summed E-state index contributed by atoms with van der Waals surface area (Å²) in [7, 11) is 0. The van der Waals surface area contributed by atoms with Crippen molar-refractivity contribution in [3.8, 4) is 0 Å². The van der Waals surface area contributed by atoms with Crippen LogP contribution < -0.4 is 21.5 Å². The molecule has 5 N–H and O–H groups in total. The fourth-order valence-corrected chi connectivity index (χ4v) is 3.55. The van der Waals surface area contributed by atoms with Gasteiger partial charge < -0.3 is 35.3 Å². The standard InChI is InChI=1S/C26H34N6O8/c1-4-16(3)22(26(38)39)31-20(33)14-32-12-8-10-18(25(32)37)30-23(35)17(9-6-7-11-21(34)40-5-2)29-24(36)19-13-27-15-28-19/h7-8,10-13,15-17,22H,4-6,9,14H2,1-3H3,(H,27,28)(H,29,36)(H,30,35)(H,31,33)(H,38,39)/b11-7+/t16?,17-,22-/m0/s1. The number of ether oxygens (including phenoxy) is 1. The van der Waals surface area contributed by atoms with Gasteiger partial charge >= 0.3 is 11.9 Å². The number of aromatic amines is 1. The molecule has 0 aliphatic carbocycles. The van der Waals surface area contributed by atoms with E-state index in [1.165, 1.54) is 43.0 Å². The Bertz CT molecular complexity index is 1270. The fraction of sp³-hybridized carbons (Fsp3) is 0.423. The van der Waals surface area contributed by atoms with Crippen LogP contribution in [0.15, 0.2) is 47.8 Å². The van der Waals surface area contributed by atoms with Gasteiger partial charge in [-0.1, -0.05) is 26.3 Å². The van der Waals surface area contributed by atoms with Gasteiger partial charge in [-0.25, -0.2) is 14.6 Å². The summed E-state index contributed by atoms with van der Waals surface area (Å²) in [6, 6.07) is 0.551. The maximum atomic E-state index is 13.1. The van der Waals surface area contributed by atoms with Gasteiger partial charge in [-0.15, -0.1) is 0 Å². The van der Waals surface area contributed by atoms with Gasteiger partial charge in [0.05, 0.1) is 19.1 Å². The minimum atomic E-state index is -1.18. The quantitative estimate of drug-likeness (QED) is 0.155. The molecule has 0 bridgehead atoms. The fourth-order valence-electron chi connectivity index (χ4n) is 3.55. The maximum absolute atomic E-state index is 13.1. The smallest absolute Gasteiger partial charge is 0.330 e. The zero-order valence-electron chi connectivity index (χ0n) is 22.5. The van der Waals surface area contributed by atoms with Crippen molar-refractivity contribution >= 4 is 35.3 Å². The Balaban J connectivity index is 2.15. The lowest BCUT2D eigenvalue weighted by atomic mass is 9.99. The molecule has 0 aliphatic heterocycles. The van der Waals surface area contributed by atoms with Crippen LogP contribution in [0, 0.1) is 5.92 Å². The van der Waals surface area contributed by atoms with E-state index < -0.39 is 53.8 Å². The molecular weight excluding hydrogens is 524 g/mol. The van der Waals surface area contributed by atoms with Gasteiger partial charge in [-0.3, -0.25) is 19.2 Å². The molecule has 14 nitrogen and oxygen atoms in total. The van der Waals surface area contributed by atoms with Crippen molar-refractivity contribution in [2.45, 2.75) is 58.7 Å². The molecule has 0 saturated carbocycles. The van der Waals surface area contributed by atoms with Gasteiger partial charge in [-0.05, 0) is 37.8 Å². The number of hydrogen-bond donors (Lipinski definition) is 5. The van der Waals surface area contributed by atoms with Crippen LogP contribution in [0.2, 0.25) is 0 Å². The molecule has 0 fully saturated rings. The number of amides is 3. The number of nitrogens with one attached hydrogen (secondary N) is 4. The minimum absolute atomic E-state index is 0.0806. The van der Waals surface area contributed by atoms with E-state index in [4.69, 9.17) is 4.74 Å². The second kappa shape index (κ2) is 15.6. The van der Waals surface area contributed by atoms with Crippen molar-refractivity contribution in [3.05, 3.63) is 59.1 Å². The van der Waals surface area contributed by atoms with E-state index in [-0.39, 0.29) is 36.7 Å². The molecule has 0 saturated heterocycles. The topological polar surface area (TPSA) is 202 Å². The molecule has 3 atom stereocenters. The Kier molecular flexibility index (Phi) is 12.3. The number of carboxylic acid groups (broad SMARTS) is 1. The largest absolute Gasteiger partial charge is 0.480 e. The summed E-state index contributed by atoms with van der Waals surface area (Å²) >= 11 is 0. The van der Waals surface area contributed by atoms with E-state index >= 15 is 0 Å². The van der Waals surface area contributed by atoms with Crippen LogP contribution in [0.4, 0.5) is 5.69 Å². The summed E-state index contributed by atoms with van der Waals surface area (Å²) in [6.07, 6.45) is 7.45. The van der Waals surface area contributed by atoms with Crippen LogP contribution in [0.25, 0.3) is 0 Å². The molecule has 0 radical (unpaired) electrons. The number of anilines is 1. The van der Waals surface area contributed by atoms with Crippen molar-refractivity contribution in [2.75, 3.05) is 11.9 Å². The van der Waals surface area contributed by atoms with Gasteiger partial charge in [-0.2, -0.15) is 0 Å². The van der Waals surface area contributed by atoms with Crippen molar-refractivity contribution in [2.24, 2.45) is 5.92 Å². The summed E-state index contributed by atoms with van der Waals surface area (Å²) < 4.78 is 5.84. The van der Waals surface area contributed by atoms with Crippen molar-refractivity contribution in [3.63, 3.8) is 0 Å². The lowest BCUT2D eigenvalue weighted by molar-refractivity contribution is -0.143. The average Bonchev–Trinajstić information content (AvgIpc) is 3.46. The van der Waals surface area contributed by atoms with E-state index in [9.17, 15) is 33.9 Å². The molecule has 2 aromatic rings. The number of rotatable bonds is 15. The summed E-state index contributed by atoms with van der Waals surface area (Å²) in [5, 5.41) is 16.9. The van der Waals surface area contributed by atoms with Crippen LogP contribution in [-0.4, -0.2) is 68.0 Å². The van der Waals surface area contributed by atoms with Crippen LogP contribution in [0.1, 0.15) is 50.5 Å². The van der Waals surface area contributed by atoms with Crippen LogP contribution in [0.3, 0.4) is 0 Å². The molecule has 3 amide bonds. The first-order chi connectivity index (χ1) is 19.1. The third-order valence-corrected chi connectivity index (χ3v) is 5.91. The van der Waals surface area contributed by atoms with E-state index in [0.29, 0.717) is 6.42 Å². The highest BCUT2D eigenvalue weighted by Crippen LogP contribution is 2.09. The highest BCUT2D eigenvalue weighted by atomic mass is 16.5. The van der Waals surface area contributed by atoms with Gasteiger partial charge in [0.25, 0.3) is 11.5 Å². The van der Waals surface area contributed by atoms with E-state index in [1.807, 2.05) is 0 Å².